The summed E-state index contributed by atoms with van der Waals surface area (Å²) in [6.07, 6.45) is 1.72. The van der Waals surface area contributed by atoms with Crippen molar-refractivity contribution in [3.63, 3.8) is 0 Å². The molecule has 0 heterocycles. The maximum absolute atomic E-state index is 9.46. The van der Waals surface area contributed by atoms with Crippen LogP contribution in [-0.2, 0) is 0 Å². The molecule has 2 aromatic rings. The molecule has 114 valence electrons. The quantitative estimate of drug-likeness (QED) is 0.592. The van der Waals surface area contributed by atoms with Crippen molar-refractivity contribution in [2.75, 3.05) is 14.2 Å². The minimum absolute atomic E-state index is 0.442. The second-order valence-electron chi connectivity index (χ2n) is 4.59. The van der Waals surface area contributed by atoms with Crippen molar-refractivity contribution in [3.8, 4) is 23.6 Å². The molecule has 23 heavy (non-hydrogen) atoms. The Bertz CT molecular complexity index is 845. The van der Waals surface area contributed by atoms with Crippen LogP contribution >= 0.6 is 15.9 Å². The zero-order valence-electron chi connectivity index (χ0n) is 12.6. The number of hydrogen-bond donors (Lipinski definition) is 0. The van der Waals surface area contributed by atoms with Crippen LogP contribution in [0.1, 0.15) is 16.7 Å². The minimum atomic E-state index is 0.442. The van der Waals surface area contributed by atoms with E-state index < -0.39 is 0 Å². The fraction of sp³-hybridized carbons (Fsp3) is 0.111. The van der Waals surface area contributed by atoms with Crippen LogP contribution in [0.2, 0.25) is 0 Å². The van der Waals surface area contributed by atoms with E-state index in [-0.39, 0.29) is 0 Å². The summed E-state index contributed by atoms with van der Waals surface area (Å²) < 4.78 is 11.4. The lowest BCUT2D eigenvalue weighted by molar-refractivity contribution is 0.392. The van der Waals surface area contributed by atoms with Crippen molar-refractivity contribution in [1.29, 1.82) is 10.5 Å². The number of methoxy groups -OCH3 is 2. The summed E-state index contributed by atoms with van der Waals surface area (Å²) >= 11 is 3.43. The predicted octanol–water partition coefficient (Wildman–Crippen LogP) is 4.40. The summed E-state index contributed by atoms with van der Waals surface area (Å²) in [4.78, 5) is 0. The van der Waals surface area contributed by atoms with Gasteiger partial charge in [-0.15, -0.1) is 0 Å². The average Bonchev–Trinajstić information content (AvgIpc) is 2.59. The zero-order chi connectivity index (χ0) is 16.8. The van der Waals surface area contributed by atoms with Gasteiger partial charge in [0.25, 0.3) is 0 Å². The second kappa shape index (κ2) is 7.49. The van der Waals surface area contributed by atoms with Gasteiger partial charge >= 0.3 is 0 Å². The highest BCUT2D eigenvalue weighted by Gasteiger charge is 2.10. The minimum Gasteiger partial charge on any atom is -0.496 e. The first-order chi connectivity index (χ1) is 11.1. The lowest BCUT2D eigenvalue weighted by Gasteiger charge is -2.10. The van der Waals surface area contributed by atoms with E-state index in [9.17, 15) is 5.26 Å². The fourth-order valence-electron chi connectivity index (χ4n) is 2.09. The summed E-state index contributed by atoms with van der Waals surface area (Å²) in [7, 11) is 3.13. The van der Waals surface area contributed by atoms with E-state index in [1.807, 2.05) is 6.07 Å². The first kappa shape index (κ1) is 16.6. The van der Waals surface area contributed by atoms with E-state index >= 15 is 0 Å². The van der Waals surface area contributed by atoms with Gasteiger partial charge in [-0.3, -0.25) is 0 Å². The van der Waals surface area contributed by atoms with Crippen molar-refractivity contribution >= 4 is 27.6 Å². The summed E-state index contributed by atoms with van der Waals surface area (Å²) in [5.41, 5.74) is 2.36. The molecule has 0 saturated carbocycles. The van der Waals surface area contributed by atoms with Gasteiger partial charge in [0.15, 0.2) is 0 Å². The molecule has 0 aliphatic heterocycles. The maximum atomic E-state index is 9.46. The number of benzene rings is 2. The molecule has 2 aromatic carbocycles. The Morgan fingerprint density at radius 1 is 1.09 bits per heavy atom. The predicted molar refractivity (Wildman–Crippen MR) is 91.9 cm³/mol. The van der Waals surface area contributed by atoms with Gasteiger partial charge in [-0.1, -0.05) is 12.1 Å². The number of rotatable bonds is 4. The molecule has 0 aliphatic carbocycles. The van der Waals surface area contributed by atoms with Gasteiger partial charge in [0.2, 0.25) is 0 Å². The lowest BCUT2D eigenvalue weighted by atomic mass is 10.0. The van der Waals surface area contributed by atoms with Gasteiger partial charge in [0.05, 0.1) is 42.0 Å². The number of ether oxygens (including phenoxy) is 2. The molecule has 0 aromatic heterocycles. The van der Waals surface area contributed by atoms with Gasteiger partial charge in [-0.25, -0.2) is 0 Å². The Kier molecular flexibility index (Phi) is 5.41. The topological polar surface area (TPSA) is 66.0 Å². The third-order valence-corrected chi connectivity index (χ3v) is 3.85. The molecule has 0 N–H and O–H groups in total. The van der Waals surface area contributed by atoms with Crippen LogP contribution in [0.15, 0.2) is 40.9 Å². The third-order valence-electron chi connectivity index (χ3n) is 3.23. The Morgan fingerprint density at radius 3 is 2.43 bits per heavy atom. The van der Waals surface area contributed by atoms with Gasteiger partial charge in [-0.05, 0) is 45.8 Å². The highest BCUT2D eigenvalue weighted by Crippen LogP contribution is 2.34. The normalized spacial score (nSPS) is 10.6. The van der Waals surface area contributed by atoms with Crippen LogP contribution in [0.3, 0.4) is 0 Å². The van der Waals surface area contributed by atoms with Crippen molar-refractivity contribution in [1.82, 2.24) is 0 Å². The molecule has 0 fully saturated rings. The number of nitrogens with zero attached hydrogens (tertiary/aromatic N) is 2. The molecular weight excluding hydrogens is 356 g/mol. The van der Waals surface area contributed by atoms with Crippen LogP contribution < -0.4 is 9.47 Å². The molecule has 0 amide bonds. The summed E-state index contributed by atoms with van der Waals surface area (Å²) in [6.45, 7) is 0. The van der Waals surface area contributed by atoms with Crippen molar-refractivity contribution in [3.05, 3.63) is 57.6 Å². The summed E-state index contributed by atoms with van der Waals surface area (Å²) in [6, 6.07) is 14.7. The Balaban J connectivity index is 2.56. The van der Waals surface area contributed by atoms with Crippen LogP contribution in [0.25, 0.3) is 11.6 Å². The van der Waals surface area contributed by atoms with E-state index in [0.29, 0.717) is 28.2 Å². The molecular formula is C18H13BrN2O2. The largest absolute Gasteiger partial charge is 0.496 e. The molecule has 0 unspecified atom stereocenters. The molecule has 0 radical (unpaired) electrons. The Labute approximate surface area is 143 Å². The van der Waals surface area contributed by atoms with Gasteiger partial charge in [0.1, 0.15) is 11.5 Å². The SMILES string of the molecule is COc1cc(OC)c(/C=C(/C#N)c2cccc(C#N)c2)cc1Br. The second-order valence-corrected chi connectivity index (χ2v) is 5.45. The fourth-order valence-corrected chi connectivity index (χ4v) is 2.61. The summed E-state index contributed by atoms with van der Waals surface area (Å²) in [5.74, 6) is 1.23. The van der Waals surface area contributed by atoms with Crippen LogP contribution in [0.5, 0.6) is 11.5 Å². The third kappa shape index (κ3) is 3.71. The number of hydrogen-bond acceptors (Lipinski definition) is 4. The molecule has 0 atom stereocenters. The van der Waals surface area contributed by atoms with E-state index in [1.165, 1.54) is 0 Å². The van der Waals surface area contributed by atoms with E-state index in [4.69, 9.17) is 14.7 Å². The van der Waals surface area contributed by atoms with Gasteiger partial charge in [0, 0.05) is 11.6 Å². The van der Waals surface area contributed by atoms with Crippen molar-refractivity contribution < 1.29 is 9.47 Å². The first-order valence-corrected chi connectivity index (χ1v) is 7.46. The monoisotopic (exact) mass is 368 g/mol. The van der Waals surface area contributed by atoms with Crippen molar-refractivity contribution in [2.45, 2.75) is 0 Å². The number of halogens is 1. The lowest BCUT2D eigenvalue weighted by Crippen LogP contribution is -1.92. The average molecular weight is 369 g/mol. The Hall–Kier alpha value is -2.76. The molecule has 4 nitrogen and oxygen atoms in total. The highest BCUT2D eigenvalue weighted by atomic mass is 79.9. The standard InChI is InChI=1S/C18H13BrN2O2/c1-22-17-9-18(23-2)16(19)8-14(17)7-15(11-21)13-5-3-4-12(6-13)10-20/h3-9H,1-2H3/b15-7-. The van der Waals surface area contributed by atoms with E-state index in [1.54, 1.807) is 50.6 Å². The van der Waals surface area contributed by atoms with Gasteiger partial charge in [-0.2, -0.15) is 10.5 Å². The van der Waals surface area contributed by atoms with Crippen molar-refractivity contribution in [2.24, 2.45) is 0 Å². The van der Waals surface area contributed by atoms with Gasteiger partial charge < -0.3 is 9.47 Å². The van der Waals surface area contributed by atoms with E-state index in [2.05, 4.69) is 28.1 Å². The molecule has 0 spiro atoms. The Morgan fingerprint density at radius 2 is 1.83 bits per heavy atom. The molecule has 0 saturated heterocycles. The summed E-state index contributed by atoms with van der Waals surface area (Å²) in [5, 5.41) is 18.4. The van der Waals surface area contributed by atoms with Crippen LogP contribution in [0, 0.1) is 22.7 Å². The molecule has 5 heteroatoms. The number of allylic oxidation sites excluding steroid dienone is 1. The zero-order valence-corrected chi connectivity index (χ0v) is 14.2. The first-order valence-electron chi connectivity index (χ1n) is 6.66. The highest BCUT2D eigenvalue weighted by molar-refractivity contribution is 9.10. The molecule has 0 bridgehead atoms. The van der Waals surface area contributed by atoms with Crippen LogP contribution in [0.4, 0.5) is 0 Å². The number of nitriles is 2. The van der Waals surface area contributed by atoms with Crippen LogP contribution in [-0.4, -0.2) is 14.2 Å². The van der Waals surface area contributed by atoms with E-state index in [0.717, 1.165) is 10.0 Å². The smallest absolute Gasteiger partial charge is 0.136 e. The maximum Gasteiger partial charge on any atom is 0.136 e. The molecule has 0 aliphatic rings. The molecule has 2 rings (SSSR count).